The number of amides is 1. The standard InChI is InChI=1S/C22H21BrN2O3/c1-4-10-28-21-18(23)12-16(13-20(21)27-5-2)11-17(14-24)22(26)25-19-9-7-6-8-15(19)3/h4,6-9,11-13H,1,5,10H2,2-3H3,(H,25,26)/b17-11-. The average molecular weight is 441 g/mol. The second-order valence-electron chi connectivity index (χ2n) is 5.80. The van der Waals surface area contributed by atoms with Gasteiger partial charge in [-0.2, -0.15) is 5.26 Å². The molecule has 0 unspecified atom stereocenters. The smallest absolute Gasteiger partial charge is 0.266 e. The molecule has 5 nitrogen and oxygen atoms in total. The van der Waals surface area contributed by atoms with Gasteiger partial charge in [-0.05, 0) is 65.2 Å². The van der Waals surface area contributed by atoms with Gasteiger partial charge in [0, 0.05) is 5.69 Å². The van der Waals surface area contributed by atoms with E-state index in [1.807, 2.05) is 38.1 Å². The molecule has 0 aliphatic heterocycles. The van der Waals surface area contributed by atoms with Crippen LogP contribution in [0.3, 0.4) is 0 Å². The van der Waals surface area contributed by atoms with E-state index in [4.69, 9.17) is 9.47 Å². The summed E-state index contributed by atoms with van der Waals surface area (Å²) >= 11 is 3.46. The third kappa shape index (κ3) is 5.48. The summed E-state index contributed by atoms with van der Waals surface area (Å²) < 4.78 is 11.9. The average Bonchev–Trinajstić information content (AvgIpc) is 2.67. The zero-order valence-electron chi connectivity index (χ0n) is 15.8. The van der Waals surface area contributed by atoms with Crippen molar-refractivity contribution in [3.05, 3.63) is 70.2 Å². The van der Waals surface area contributed by atoms with Gasteiger partial charge in [-0.1, -0.05) is 30.9 Å². The molecule has 1 N–H and O–H groups in total. The Labute approximate surface area is 173 Å². The largest absolute Gasteiger partial charge is 0.490 e. The monoisotopic (exact) mass is 440 g/mol. The van der Waals surface area contributed by atoms with Gasteiger partial charge >= 0.3 is 0 Å². The number of nitrogens with zero attached hydrogens (tertiary/aromatic N) is 1. The van der Waals surface area contributed by atoms with Crippen molar-refractivity contribution < 1.29 is 14.3 Å². The number of carbonyl (C=O) groups is 1. The van der Waals surface area contributed by atoms with Gasteiger partial charge in [0.2, 0.25) is 0 Å². The van der Waals surface area contributed by atoms with Crippen molar-refractivity contribution in [2.75, 3.05) is 18.5 Å². The number of hydrogen-bond acceptors (Lipinski definition) is 4. The highest BCUT2D eigenvalue weighted by molar-refractivity contribution is 9.10. The van der Waals surface area contributed by atoms with Gasteiger partial charge in [-0.25, -0.2) is 0 Å². The number of hydrogen-bond donors (Lipinski definition) is 1. The Kier molecular flexibility index (Phi) is 7.85. The van der Waals surface area contributed by atoms with E-state index in [0.717, 1.165) is 5.56 Å². The SMILES string of the molecule is C=CCOc1c(Br)cc(/C=C(/C#N)C(=O)Nc2ccccc2C)cc1OCC. The van der Waals surface area contributed by atoms with Crippen LogP contribution in [0.25, 0.3) is 6.08 Å². The summed E-state index contributed by atoms with van der Waals surface area (Å²) in [5.74, 6) is 0.584. The van der Waals surface area contributed by atoms with Crippen molar-refractivity contribution in [2.45, 2.75) is 13.8 Å². The lowest BCUT2D eigenvalue weighted by atomic mass is 10.1. The van der Waals surface area contributed by atoms with Gasteiger partial charge in [0.1, 0.15) is 18.2 Å². The minimum atomic E-state index is -0.474. The number of aryl methyl sites for hydroxylation is 1. The van der Waals surface area contributed by atoms with Crippen LogP contribution in [0, 0.1) is 18.3 Å². The normalized spacial score (nSPS) is 10.7. The van der Waals surface area contributed by atoms with Gasteiger partial charge < -0.3 is 14.8 Å². The molecule has 0 radical (unpaired) electrons. The molecule has 0 aromatic heterocycles. The van der Waals surface area contributed by atoms with Crippen molar-refractivity contribution in [1.29, 1.82) is 5.26 Å². The van der Waals surface area contributed by atoms with Crippen molar-refractivity contribution in [3.8, 4) is 17.6 Å². The van der Waals surface area contributed by atoms with Crippen LogP contribution in [0.2, 0.25) is 0 Å². The Balaban J connectivity index is 2.35. The summed E-state index contributed by atoms with van der Waals surface area (Å²) in [6.07, 6.45) is 3.15. The Bertz CT molecular complexity index is 945. The van der Waals surface area contributed by atoms with E-state index in [1.54, 1.807) is 24.3 Å². The molecule has 2 rings (SSSR count). The van der Waals surface area contributed by atoms with Gasteiger partial charge in [0.15, 0.2) is 11.5 Å². The van der Waals surface area contributed by atoms with Gasteiger partial charge in [-0.15, -0.1) is 0 Å². The lowest BCUT2D eigenvalue weighted by molar-refractivity contribution is -0.112. The Morgan fingerprint density at radius 3 is 2.71 bits per heavy atom. The molecule has 144 valence electrons. The first kappa shape index (κ1) is 21.3. The molecule has 0 atom stereocenters. The van der Waals surface area contributed by atoms with E-state index in [2.05, 4.69) is 27.8 Å². The molecule has 6 heteroatoms. The Morgan fingerprint density at radius 1 is 1.32 bits per heavy atom. The summed E-state index contributed by atoms with van der Waals surface area (Å²) in [6.45, 7) is 8.17. The first-order valence-electron chi connectivity index (χ1n) is 8.69. The van der Waals surface area contributed by atoms with E-state index in [0.29, 0.717) is 40.4 Å². The third-order valence-electron chi connectivity index (χ3n) is 3.75. The molecule has 2 aromatic rings. The predicted molar refractivity (Wildman–Crippen MR) is 114 cm³/mol. The number of ether oxygens (including phenoxy) is 2. The number of nitriles is 1. The van der Waals surface area contributed by atoms with Crippen LogP contribution in [0.1, 0.15) is 18.1 Å². The van der Waals surface area contributed by atoms with Crippen molar-refractivity contribution >= 4 is 33.6 Å². The topological polar surface area (TPSA) is 71.3 Å². The number of benzene rings is 2. The van der Waals surface area contributed by atoms with Gasteiger partial charge in [0.05, 0.1) is 11.1 Å². The van der Waals surface area contributed by atoms with E-state index in [1.165, 1.54) is 6.08 Å². The quantitative estimate of drug-likeness (QED) is 0.344. The Hall–Kier alpha value is -3.04. The minimum absolute atomic E-state index is 0.0163. The fraction of sp³-hybridized carbons (Fsp3) is 0.182. The molecule has 0 saturated carbocycles. The minimum Gasteiger partial charge on any atom is -0.490 e. The highest BCUT2D eigenvalue weighted by atomic mass is 79.9. The second kappa shape index (κ2) is 10.3. The summed E-state index contributed by atoms with van der Waals surface area (Å²) in [6, 6.07) is 12.8. The molecule has 2 aromatic carbocycles. The van der Waals surface area contributed by atoms with Crippen LogP contribution < -0.4 is 14.8 Å². The molecule has 0 aliphatic rings. The highest BCUT2D eigenvalue weighted by Crippen LogP contribution is 2.37. The zero-order chi connectivity index (χ0) is 20.5. The van der Waals surface area contributed by atoms with Crippen LogP contribution >= 0.6 is 15.9 Å². The van der Waals surface area contributed by atoms with Crippen LogP contribution in [0.15, 0.2) is 59.1 Å². The van der Waals surface area contributed by atoms with Crippen LogP contribution in [-0.2, 0) is 4.79 Å². The molecule has 0 spiro atoms. The molecule has 1 amide bonds. The van der Waals surface area contributed by atoms with Crippen LogP contribution in [0.5, 0.6) is 11.5 Å². The number of halogens is 1. The summed E-state index contributed by atoms with van der Waals surface area (Å²) in [4.78, 5) is 12.5. The highest BCUT2D eigenvalue weighted by Gasteiger charge is 2.14. The Morgan fingerprint density at radius 2 is 2.07 bits per heavy atom. The van der Waals surface area contributed by atoms with Crippen molar-refractivity contribution in [3.63, 3.8) is 0 Å². The second-order valence-corrected chi connectivity index (χ2v) is 6.66. The first-order chi connectivity index (χ1) is 13.5. The lowest BCUT2D eigenvalue weighted by Gasteiger charge is -2.14. The molecule has 28 heavy (non-hydrogen) atoms. The molecule has 0 fully saturated rings. The lowest BCUT2D eigenvalue weighted by Crippen LogP contribution is -2.14. The van der Waals surface area contributed by atoms with Gasteiger partial charge in [-0.3, -0.25) is 4.79 Å². The number of rotatable bonds is 8. The number of nitrogens with one attached hydrogen (secondary N) is 1. The van der Waals surface area contributed by atoms with Crippen LogP contribution in [0.4, 0.5) is 5.69 Å². The zero-order valence-corrected chi connectivity index (χ0v) is 17.4. The summed E-state index contributed by atoms with van der Waals surface area (Å²) in [5, 5.41) is 12.2. The molecule has 0 aliphatic carbocycles. The van der Waals surface area contributed by atoms with Crippen LogP contribution in [-0.4, -0.2) is 19.1 Å². The molecular weight excluding hydrogens is 420 g/mol. The van der Waals surface area contributed by atoms with E-state index >= 15 is 0 Å². The predicted octanol–water partition coefficient (Wildman–Crippen LogP) is 5.27. The maximum atomic E-state index is 12.5. The third-order valence-corrected chi connectivity index (χ3v) is 4.34. The maximum absolute atomic E-state index is 12.5. The van der Waals surface area contributed by atoms with E-state index in [9.17, 15) is 10.1 Å². The number of carbonyl (C=O) groups excluding carboxylic acids is 1. The van der Waals surface area contributed by atoms with E-state index < -0.39 is 5.91 Å². The molecule has 0 saturated heterocycles. The molecular formula is C22H21BrN2O3. The summed E-state index contributed by atoms with van der Waals surface area (Å²) in [7, 11) is 0. The number of para-hydroxylation sites is 1. The van der Waals surface area contributed by atoms with Crippen molar-refractivity contribution in [2.24, 2.45) is 0 Å². The maximum Gasteiger partial charge on any atom is 0.266 e. The first-order valence-corrected chi connectivity index (χ1v) is 9.48. The van der Waals surface area contributed by atoms with E-state index in [-0.39, 0.29) is 5.57 Å². The van der Waals surface area contributed by atoms with Gasteiger partial charge in [0.25, 0.3) is 5.91 Å². The number of anilines is 1. The summed E-state index contributed by atoms with van der Waals surface area (Å²) in [5.41, 5.74) is 2.20. The molecule has 0 bridgehead atoms. The fourth-order valence-electron chi connectivity index (χ4n) is 2.43. The van der Waals surface area contributed by atoms with Crippen molar-refractivity contribution in [1.82, 2.24) is 0 Å². The fourth-order valence-corrected chi connectivity index (χ4v) is 3.01. The molecule has 0 heterocycles.